The minimum absolute atomic E-state index is 0.00458. The highest BCUT2D eigenvalue weighted by Crippen LogP contribution is 2.40. The highest BCUT2D eigenvalue weighted by molar-refractivity contribution is 6.31. The molecule has 5 nitrogen and oxygen atoms in total. The largest absolute Gasteiger partial charge is 0.508 e. The number of carbonyl (C=O) groups excluding carboxylic acids is 1. The second kappa shape index (κ2) is 7.45. The molecule has 31 heavy (non-hydrogen) atoms. The van der Waals surface area contributed by atoms with Gasteiger partial charge in [-0.25, -0.2) is 0 Å². The molecular weight excluding hydrogens is 437 g/mol. The van der Waals surface area contributed by atoms with Gasteiger partial charge in [-0.3, -0.25) is 9.59 Å². The van der Waals surface area contributed by atoms with E-state index in [0.29, 0.717) is 26.6 Å². The zero-order valence-electron chi connectivity index (χ0n) is 16.0. The van der Waals surface area contributed by atoms with Crippen LogP contribution in [0.3, 0.4) is 0 Å². The van der Waals surface area contributed by atoms with Gasteiger partial charge < -0.3 is 14.4 Å². The highest BCUT2D eigenvalue weighted by Gasteiger charge is 2.42. The lowest BCUT2D eigenvalue weighted by Gasteiger charge is -2.25. The number of phenolic OH excluding ortho intramolecular Hbond substituents is 1. The average Bonchev–Trinajstić information content (AvgIpc) is 3.03. The minimum atomic E-state index is -0.695. The zero-order valence-corrected chi connectivity index (χ0v) is 17.5. The summed E-state index contributed by atoms with van der Waals surface area (Å²) in [5.41, 5.74) is 1.65. The molecule has 7 heteroatoms. The maximum Gasteiger partial charge on any atom is 0.291 e. The van der Waals surface area contributed by atoms with E-state index in [1.807, 2.05) is 18.2 Å². The number of amides is 1. The molecule has 1 atom stereocenters. The van der Waals surface area contributed by atoms with Gasteiger partial charge in [-0.15, -0.1) is 0 Å². The van der Waals surface area contributed by atoms with Crippen LogP contribution in [0.15, 0.2) is 75.9 Å². The van der Waals surface area contributed by atoms with E-state index in [1.165, 1.54) is 18.2 Å². The monoisotopic (exact) mass is 451 g/mol. The van der Waals surface area contributed by atoms with E-state index < -0.39 is 11.9 Å². The van der Waals surface area contributed by atoms with Crippen molar-refractivity contribution in [2.24, 2.45) is 0 Å². The Hall–Kier alpha value is -3.28. The molecule has 0 spiro atoms. The van der Waals surface area contributed by atoms with Gasteiger partial charge >= 0.3 is 0 Å². The van der Waals surface area contributed by atoms with Crippen LogP contribution in [-0.4, -0.2) is 15.9 Å². The number of hydrogen-bond donors (Lipinski definition) is 1. The molecule has 2 heterocycles. The molecule has 1 aliphatic heterocycles. The summed E-state index contributed by atoms with van der Waals surface area (Å²) < 4.78 is 5.89. The molecule has 4 aromatic rings. The quantitative estimate of drug-likeness (QED) is 0.443. The van der Waals surface area contributed by atoms with Crippen molar-refractivity contribution < 1.29 is 14.3 Å². The predicted octanol–water partition coefficient (Wildman–Crippen LogP) is 5.55. The Bertz CT molecular complexity index is 1400. The molecule has 1 aromatic heterocycles. The third-order valence-corrected chi connectivity index (χ3v) is 6.04. The number of fused-ring (bicyclic) bond motifs is 2. The van der Waals surface area contributed by atoms with E-state index in [0.717, 1.165) is 5.56 Å². The molecule has 0 radical (unpaired) electrons. The fourth-order valence-electron chi connectivity index (χ4n) is 3.97. The molecule has 0 fully saturated rings. The molecule has 1 amide bonds. The predicted molar refractivity (Wildman–Crippen MR) is 119 cm³/mol. The summed E-state index contributed by atoms with van der Waals surface area (Å²) >= 11 is 12.4. The standard InChI is InChI=1S/C24H15Cl2NO4/c25-15-7-10-19-17(11-15)22(29)20-21(13-5-8-16(28)9-6-13)27(24(30)23(20)31-19)12-14-3-1-2-4-18(14)26/h1-11,21,28H,12H2/t21-/m1/s1. The molecular formula is C24H15Cl2NO4. The first-order chi connectivity index (χ1) is 14.9. The van der Waals surface area contributed by atoms with Crippen LogP contribution in [0.5, 0.6) is 5.75 Å². The molecule has 0 saturated heterocycles. The fourth-order valence-corrected chi connectivity index (χ4v) is 4.34. The molecule has 0 unspecified atom stereocenters. The Morgan fingerprint density at radius 2 is 1.71 bits per heavy atom. The van der Waals surface area contributed by atoms with E-state index in [-0.39, 0.29) is 29.0 Å². The van der Waals surface area contributed by atoms with Crippen molar-refractivity contribution in [2.75, 3.05) is 0 Å². The number of nitrogens with zero attached hydrogens (tertiary/aromatic N) is 1. The zero-order chi connectivity index (χ0) is 21.7. The van der Waals surface area contributed by atoms with Crippen LogP contribution in [0.25, 0.3) is 11.0 Å². The second-order valence-electron chi connectivity index (χ2n) is 7.33. The number of hydrogen-bond acceptors (Lipinski definition) is 4. The van der Waals surface area contributed by atoms with Gasteiger partial charge in [0.1, 0.15) is 11.3 Å². The Morgan fingerprint density at radius 3 is 2.45 bits per heavy atom. The summed E-state index contributed by atoms with van der Waals surface area (Å²) in [5.74, 6) is -0.310. The van der Waals surface area contributed by atoms with Crippen LogP contribution in [-0.2, 0) is 6.54 Å². The SMILES string of the molecule is O=C1c2oc3ccc(Cl)cc3c(=O)c2[C@@H](c2ccc(O)cc2)N1Cc1ccccc1Cl. The van der Waals surface area contributed by atoms with Crippen molar-refractivity contribution in [2.45, 2.75) is 12.6 Å². The normalized spacial score (nSPS) is 15.5. The smallest absolute Gasteiger partial charge is 0.291 e. The summed E-state index contributed by atoms with van der Waals surface area (Å²) in [4.78, 5) is 28.4. The van der Waals surface area contributed by atoms with Crippen molar-refractivity contribution in [3.05, 3.63) is 109 Å². The van der Waals surface area contributed by atoms with E-state index in [9.17, 15) is 14.7 Å². The highest BCUT2D eigenvalue weighted by atomic mass is 35.5. The summed E-state index contributed by atoms with van der Waals surface area (Å²) in [6.07, 6.45) is 0. The average molecular weight is 452 g/mol. The molecule has 3 aromatic carbocycles. The lowest BCUT2D eigenvalue weighted by Crippen LogP contribution is -2.29. The van der Waals surface area contributed by atoms with Gasteiger partial charge in [0.25, 0.3) is 5.91 Å². The Balaban J connectivity index is 1.74. The van der Waals surface area contributed by atoms with E-state index >= 15 is 0 Å². The van der Waals surface area contributed by atoms with Crippen LogP contribution in [0, 0.1) is 0 Å². The van der Waals surface area contributed by atoms with Crippen LogP contribution < -0.4 is 5.43 Å². The number of phenols is 1. The number of carbonyl (C=O) groups is 1. The Labute approximate surface area is 187 Å². The van der Waals surface area contributed by atoms with Crippen molar-refractivity contribution in [1.82, 2.24) is 4.90 Å². The topological polar surface area (TPSA) is 70.8 Å². The molecule has 0 aliphatic carbocycles. The van der Waals surface area contributed by atoms with E-state index in [2.05, 4.69) is 0 Å². The minimum Gasteiger partial charge on any atom is -0.508 e. The lowest BCUT2D eigenvalue weighted by molar-refractivity contribution is 0.0714. The van der Waals surface area contributed by atoms with Crippen LogP contribution in [0.4, 0.5) is 0 Å². The third-order valence-electron chi connectivity index (χ3n) is 5.44. The van der Waals surface area contributed by atoms with Gasteiger partial charge in [0.2, 0.25) is 5.76 Å². The van der Waals surface area contributed by atoms with E-state index in [1.54, 1.807) is 35.2 Å². The summed E-state index contributed by atoms with van der Waals surface area (Å²) in [6.45, 7) is 0.185. The van der Waals surface area contributed by atoms with Crippen molar-refractivity contribution in [3.8, 4) is 5.75 Å². The van der Waals surface area contributed by atoms with Crippen LogP contribution >= 0.6 is 23.2 Å². The second-order valence-corrected chi connectivity index (χ2v) is 8.18. The number of aromatic hydroxyl groups is 1. The van der Waals surface area contributed by atoms with Crippen molar-refractivity contribution in [1.29, 1.82) is 0 Å². The number of benzene rings is 3. The van der Waals surface area contributed by atoms with Gasteiger partial charge in [0.05, 0.1) is 17.0 Å². The van der Waals surface area contributed by atoms with Gasteiger partial charge in [0, 0.05) is 16.6 Å². The first-order valence-corrected chi connectivity index (χ1v) is 10.3. The fraction of sp³-hybridized carbons (Fsp3) is 0.0833. The summed E-state index contributed by atoms with van der Waals surface area (Å²) in [5, 5.41) is 10.9. The van der Waals surface area contributed by atoms with Gasteiger partial charge in [-0.2, -0.15) is 0 Å². The molecule has 1 N–H and O–H groups in total. The Morgan fingerprint density at radius 1 is 0.968 bits per heavy atom. The molecule has 1 aliphatic rings. The molecule has 0 saturated carbocycles. The maximum atomic E-state index is 13.5. The van der Waals surface area contributed by atoms with Crippen molar-refractivity contribution in [3.63, 3.8) is 0 Å². The van der Waals surface area contributed by atoms with Gasteiger partial charge in [0.15, 0.2) is 5.43 Å². The lowest BCUT2D eigenvalue weighted by atomic mass is 9.98. The van der Waals surface area contributed by atoms with Gasteiger partial charge in [-0.1, -0.05) is 53.5 Å². The maximum absolute atomic E-state index is 13.5. The summed E-state index contributed by atoms with van der Waals surface area (Å²) in [6, 6.07) is 17.7. The van der Waals surface area contributed by atoms with Crippen LogP contribution in [0.2, 0.25) is 10.0 Å². The number of rotatable bonds is 3. The first kappa shape index (κ1) is 19.7. The summed E-state index contributed by atoms with van der Waals surface area (Å²) in [7, 11) is 0. The molecule has 154 valence electrons. The first-order valence-electron chi connectivity index (χ1n) is 9.53. The van der Waals surface area contributed by atoms with Crippen molar-refractivity contribution >= 4 is 40.1 Å². The van der Waals surface area contributed by atoms with E-state index in [4.69, 9.17) is 27.6 Å². The molecule has 5 rings (SSSR count). The molecule has 0 bridgehead atoms. The Kier molecular flexibility index (Phi) is 4.73. The van der Waals surface area contributed by atoms with Gasteiger partial charge in [-0.05, 0) is 47.5 Å². The third kappa shape index (κ3) is 3.26. The number of halogens is 2. The van der Waals surface area contributed by atoms with Crippen LogP contribution in [0.1, 0.15) is 33.3 Å².